The minimum absolute atomic E-state index is 0.0120. The van der Waals surface area contributed by atoms with E-state index in [-0.39, 0.29) is 23.8 Å². The van der Waals surface area contributed by atoms with Crippen LogP contribution in [0.15, 0.2) is 45.9 Å². The Kier molecular flexibility index (Phi) is 4.12. The van der Waals surface area contributed by atoms with E-state index in [0.717, 1.165) is 11.0 Å². The van der Waals surface area contributed by atoms with Gasteiger partial charge in [-0.05, 0) is 17.7 Å². The Hall–Kier alpha value is -2.99. The van der Waals surface area contributed by atoms with Crippen molar-refractivity contribution in [3.8, 4) is 0 Å². The van der Waals surface area contributed by atoms with Gasteiger partial charge >= 0.3 is 6.18 Å². The molecule has 0 saturated carbocycles. The third-order valence-corrected chi connectivity index (χ3v) is 4.47. The first kappa shape index (κ1) is 18.4. The number of alkyl halides is 3. The smallest absolute Gasteiger partial charge is 0.385 e. The molecular weight excluding hydrogens is 401 g/mol. The number of benzene rings is 1. The van der Waals surface area contributed by atoms with E-state index in [1.54, 1.807) is 0 Å². The third kappa shape index (κ3) is 2.90. The van der Waals surface area contributed by atoms with Crippen LogP contribution in [0.4, 0.5) is 13.2 Å². The summed E-state index contributed by atoms with van der Waals surface area (Å²) < 4.78 is 42.5. The number of nitrogens with two attached hydrogens (primary N) is 1. The van der Waals surface area contributed by atoms with Gasteiger partial charge in [0.2, 0.25) is 0 Å². The van der Waals surface area contributed by atoms with E-state index >= 15 is 0 Å². The summed E-state index contributed by atoms with van der Waals surface area (Å²) in [4.78, 5) is 3.94. The van der Waals surface area contributed by atoms with Crippen LogP contribution in [0, 0.1) is 0 Å². The van der Waals surface area contributed by atoms with E-state index in [2.05, 4.69) is 25.4 Å². The zero-order chi connectivity index (χ0) is 20.1. The highest BCUT2D eigenvalue weighted by molar-refractivity contribution is 6.30. The van der Waals surface area contributed by atoms with Crippen LogP contribution in [-0.4, -0.2) is 54.3 Å². The van der Waals surface area contributed by atoms with Crippen molar-refractivity contribution < 1.29 is 18.3 Å². The van der Waals surface area contributed by atoms with Crippen LogP contribution in [-0.2, 0) is 6.42 Å². The Balaban J connectivity index is 1.85. The Bertz CT molecular complexity index is 1010. The molecule has 2 aliphatic rings. The van der Waals surface area contributed by atoms with E-state index in [1.807, 2.05) is 0 Å². The van der Waals surface area contributed by atoms with Gasteiger partial charge in [-0.3, -0.25) is 0 Å². The summed E-state index contributed by atoms with van der Waals surface area (Å²) in [5.41, 5.74) is 2.66. The molecule has 0 amide bonds. The number of hydrazone groups is 1. The van der Waals surface area contributed by atoms with Gasteiger partial charge in [0.15, 0.2) is 0 Å². The van der Waals surface area contributed by atoms with Gasteiger partial charge in [-0.1, -0.05) is 23.7 Å². The van der Waals surface area contributed by atoms with Crippen molar-refractivity contribution >= 4 is 29.1 Å². The summed E-state index contributed by atoms with van der Waals surface area (Å²) in [6, 6.07) is 6.04. The van der Waals surface area contributed by atoms with E-state index in [0.29, 0.717) is 15.6 Å². The third-order valence-electron chi connectivity index (χ3n) is 4.22. The second-order valence-corrected chi connectivity index (χ2v) is 6.55. The molecule has 2 aliphatic heterocycles. The number of rotatable bonds is 1. The maximum atomic E-state index is 13.8. The molecule has 0 unspecified atom stereocenters. The number of hydrogen-bond donors (Lipinski definition) is 2. The summed E-state index contributed by atoms with van der Waals surface area (Å²) in [5, 5.41) is 26.6. The molecule has 0 saturated heterocycles. The molecule has 0 bridgehead atoms. The van der Waals surface area contributed by atoms with Gasteiger partial charge < -0.3 is 10.8 Å². The zero-order valence-corrected chi connectivity index (χ0v) is 14.7. The minimum atomic E-state index is -5.06. The Labute approximate surface area is 160 Å². The fraction of sp³-hybridized carbons (Fsp3) is 0.267. The molecule has 1 aromatic heterocycles. The largest absolute Gasteiger partial charge is 0.438 e. The number of aromatic nitrogens is 3. The zero-order valence-electron chi connectivity index (χ0n) is 14.0. The lowest BCUT2D eigenvalue weighted by atomic mass is 10.0. The number of halogens is 4. The summed E-state index contributed by atoms with van der Waals surface area (Å²) >= 11 is 5.83. The predicted molar refractivity (Wildman–Crippen MR) is 93.6 cm³/mol. The van der Waals surface area contributed by atoms with Gasteiger partial charge in [-0.25, -0.2) is 4.98 Å². The molecular formula is C15H12ClF3N8O. The highest BCUT2D eigenvalue weighted by atomic mass is 35.5. The number of nitrogens with zero attached hydrogens (tertiary/aromatic N) is 7. The molecule has 13 heteroatoms. The number of hydrogen-bond acceptors (Lipinski definition) is 8. The van der Waals surface area contributed by atoms with Crippen LogP contribution in [0.2, 0.25) is 5.02 Å². The van der Waals surface area contributed by atoms with Crippen LogP contribution in [0.1, 0.15) is 17.8 Å². The summed E-state index contributed by atoms with van der Waals surface area (Å²) in [7, 11) is 0. The highest BCUT2D eigenvalue weighted by Crippen LogP contribution is 2.41. The number of fused-ring (bicyclic) bond motifs is 1. The minimum Gasteiger partial charge on any atom is -0.385 e. The van der Waals surface area contributed by atoms with Gasteiger partial charge in [-0.2, -0.15) is 33.1 Å². The van der Waals surface area contributed by atoms with E-state index in [4.69, 9.17) is 17.3 Å². The molecule has 2 aromatic rings. The lowest BCUT2D eigenvalue weighted by Crippen LogP contribution is -2.58. The fourth-order valence-corrected chi connectivity index (χ4v) is 2.94. The topological polar surface area (TPSA) is 117 Å². The monoisotopic (exact) mass is 412 g/mol. The summed E-state index contributed by atoms with van der Waals surface area (Å²) in [5.74, 6) is -0.241. The van der Waals surface area contributed by atoms with Crippen molar-refractivity contribution in [1.82, 2.24) is 19.8 Å². The lowest BCUT2D eigenvalue weighted by Gasteiger charge is -2.33. The molecule has 0 fully saturated rings. The van der Waals surface area contributed by atoms with Crippen LogP contribution in [0.25, 0.3) is 0 Å². The van der Waals surface area contributed by atoms with Gasteiger partial charge in [0.05, 0.1) is 18.6 Å². The molecule has 1 atom stereocenters. The average Bonchev–Trinajstić information content (AvgIpc) is 3.18. The summed E-state index contributed by atoms with van der Waals surface area (Å²) in [6.45, 7) is 0. The highest BCUT2D eigenvalue weighted by Gasteiger charge is 2.63. The van der Waals surface area contributed by atoms with Gasteiger partial charge in [0.1, 0.15) is 18.0 Å². The van der Waals surface area contributed by atoms with Crippen molar-refractivity contribution in [2.75, 3.05) is 0 Å². The van der Waals surface area contributed by atoms with Crippen molar-refractivity contribution in [3.63, 3.8) is 0 Å². The van der Waals surface area contributed by atoms with Crippen molar-refractivity contribution in [3.05, 3.63) is 47.0 Å². The first-order valence-electron chi connectivity index (χ1n) is 7.91. The molecule has 3 N–H and O–H groups in total. The molecule has 0 spiro atoms. The first-order chi connectivity index (χ1) is 13.2. The average molecular weight is 413 g/mol. The molecule has 0 radical (unpaired) electrons. The molecule has 146 valence electrons. The molecule has 3 heterocycles. The van der Waals surface area contributed by atoms with Gasteiger partial charge in [-0.15, -0.1) is 10.2 Å². The summed E-state index contributed by atoms with van der Waals surface area (Å²) in [6.07, 6.45) is -4.73. The number of aliphatic hydroxyl groups is 1. The van der Waals surface area contributed by atoms with Crippen molar-refractivity contribution in [1.29, 1.82) is 0 Å². The van der Waals surface area contributed by atoms with E-state index in [9.17, 15) is 18.3 Å². The van der Waals surface area contributed by atoms with Crippen LogP contribution < -0.4 is 5.73 Å². The van der Waals surface area contributed by atoms with Crippen molar-refractivity contribution in [2.24, 2.45) is 21.0 Å². The maximum Gasteiger partial charge on any atom is 0.438 e. The Morgan fingerprint density at radius 2 is 1.89 bits per heavy atom. The van der Waals surface area contributed by atoms with Gasteiger partial charge in [0.25, 0.3) is 11.7 Å². The maximum absolute atomic E-state index is 13.8. The SMILES string of the molecule is NC1=NN=C(N2N=C(c3ccc(Cl)cc3)C[C@@]2(O)C(F)(F)F)n2ncnc2C1. The standard InChI is InChI=1S/C15H12ClF3N8O/c16-9-3-1-8(2-4-9)10-6-14(28,15(17,18)19)27(25-10)13-24-23-11(20)5-12-21-7-22-26(12)13/h1-4,7,28H,5-6H2,(H2,20,23)/t14-/m1/s1. The second kappa shape index (κ2) is 6.27. The Morgan fingerprint density at radius 3 is 2.57 bits per heavy atom. The quantitative estimate of drug-likeness (QED) is 0.732. The number of amidine groups is 1. The fourth-order valence-electron chi connectivity index (χ4n) is 2.81. The molecule has 9 nitrogen and oxygen atoms in total. The lowest BCUT2D eigenvalue weighted by molar-refractivity contribution is -0.295. The van der Waals surface area contributed by atoms with E-state index < -0.39 is 24.3 Å². The molecule has 4 rings (SSSR count). The normalized spacial score (nSPS) is 22.3. The van der Waals surface area contributed by atoms with Crippen LogP contribution >= 0.6 is 11.6 Å². The van der Waals surface area contributed by atoms with Crippen molar-refractivity contribution in [2.45, 2.75) is 24.7 Å². The first-order valence-corrected chi connectivity index (χ1v) is 8.29. The molecule has 0 aliphatic carbocycles. The van der Waals surface area contributed by atoms with Gasteiger partial charge in [0, 0.05) is 5.02 Å². The van der Waals surface area contributed by atoms with Crippen LogP contribution in [0.3, 0.4) is 0 Å². The molecule has 1 aromatic carbocycles. The molecule has 28 heavy (non-hydrogen) atoms. The van der Waals surface area contributed by atoms with E-state index in [1.165, 1.54) is 24.3 Å². The van der Waals surface area contributed by atoms with Crippen LogP contribution in [0.5, 0.6) is 0 Å². The predicted octanol–water partition coefficient (Wildman–Crippen LogP) is 1.32. The second-order valence-electron chi connectivity index (χ2n) is 6.11. The Morgan fingerprint density at radius 1 is 1.18 bits per heavy atom.